The van der Waals surface area contributed by atoms with Crippen molar-refractivity contribution < 1.29 is 43.3 Å². The Balaban J connectivity index is 0.00000210. The molecule has 5 amide bonds. The predicted molar refractivity (Wildman–Crippen MR) is 122 cm³/mol. The second-order valence-corrected chi connectivity index (χ2v) is 7.21. The number of amides is 5. The van der Waals surface area contributed by atoms with Gasteiger partial charge in [-0.3, -0.25) is 34.2 Å². The SMILES string of the molecule is CC.O=C(COc1cccc2c1C(=O)N(C1CCC(=O)NC1=O)C2=O)NCCOCCOCCO. The molecule has 2 aliphatic rings. The van der Waals surface area contributed by atoms with E-state index in [-0.39, 0.29) is 56.1 Å². The lowest BCUT2D eigenvalue weighted by Crippen LogP contribution is -2.54. The van der Waals surface area contributed by atoms with E-state index in [1.807, 2.05) is 13.8 Å². The Labute approximate surface area is 202 Å². The molecule has 0 saturated carbocycles. The summed E-state index contributed by atoms with van der Waals surface area (Å²) in [6.45, 7) is 4.92. The van der Waals surface area contributed by atoms with E-state index in [4.69, 9.17) is 19.3 Å². The molecule has 3 rings (SSSR count). The number of carbonyl (C=O) groups excluding carboxylic acids is 5. The lowest BCUT2D eigenvalue weighted by Gasteiger charge is -2.27. The van der Waals surface area contributed by atoms with Crippen molar-refractivity contribution in [3.8, 4) is 5.75 Å². The van der Waals surface area contributed by atoms with E-state index in [0.717, 1.165) is 4.90 Å². The fourth-order valence-corrected chi connectivity index (χ4v) is 3.45. The minimum Gasteiger partial charge on any atom is -0.483 e. The zero-order chi connectivity index (χ0) is 25.8. The van der Waals surface area contributed by atoms with Gasteiger partial charge in [0.25, 0.3) is 17.7 Å². The van der Waals surface area contributed by atoms with Crippen LogP contribution < -0.4 is 15.4 Å². The van der Waals surface area contributed by atoms with Gasteiger partial charge in [-0.15, -0.1) is 0 Å². The summed E-state index contributed by atoms with van der Waals surface area (Å²) in [4.78, 5) is 62.1. The maximum atomic E-state index is 13.0. The highest BCUT2D eigenvalue weighted by Gasteiger charge is 2.46. The molecule has 1 atom stereocenters. The highest BCUT2D eigenvalue weighted by Crippen LogP contribution is 2.33. The van der Waals surface area contributed by atoms with Gasteiger partial charge in [0.1, 0.15) is 11.8 Å². The third kappa shape index (κ3) is 7.31. The molecule has 2 aliphatic heterocycles. The summed E-state index contributed by atoms with van der Waals surface area (Å²) in [5.74, 6) is -2.93. The molecule has 12 nitrogen and oxygen atoms in total. The summed E-state index contributed by atoms with van der Waals surface area (Å²) in [5, 5.41) is 13.3. The number of imide groups is 2. The Hall–Kier alpha value is -3.35. The second-order valence-electron chi connectivity index (χ2n) is 7.21. The summed E-state index contributed by atoms with van der Waals surface area (Å²) in [6, 6.07) is 3.33. The van der Waals surface area contributed by atoms with Crippen molar-refractivity contribution in [3.63, 3.8) is 0 Å². The van der Waals surface area contributed by atoms with Crippen molar-refractivity contribution in [3.05, 3.63) is 29.3 Å². The number of nitrogens with one attached hydrogen (secondary N) is 2. The number of ether oxygens (including phenoxy) is 3. The zero-order valence-corrected chi connectivity index (χ0v) is 19.8. The second kappa shape index (κ2) is 14.1. The van der Waals surface area contributed by atoms with Gasteiger partial charge in [-0.2, -0.15) is 0 Å². The molecule has 1 aromatic carbocycles. The average Bonchev–Trinajstić information content (AvgIpc) is 3.11. The summed E-state index contributed by atoms with van der Waals surface area (Å²) in [7, 11) is 0. The van der Waals surface area contributed by atoms with Crippen LogP contribution in [0.3, 0.4) is 0 Å². The quantitative estimate of drug-likeness (QED) is 0.261. The Morgan fingerprint density at radius 1 is 1.09 bits per heavy atom. The molecule has 192 valence electrons. The molecule has 1 aromatic rings. The van der Waals surface area contributed by atoms with Gasteiger partial charge in [0, 0.05) is 13.0 Å². The molecule has 1 saturated heterocycles. The Kier molecular flexibility index (Phi) is 11.3. The maximum Gasteiger partial charge on any atom is 0.266 e. The molecule has 35 heavy (non-hydrogen) atoms. The van der Waals surface area contributed by atoms with E-state index in [1.54, 1.807) is 0 Å². The van der Waals surface area contributed by atoms with E-state index in [2.05, 4.69) is 10.6 Å². The summed E-state index contributed by atoms with van der Waals surface area (Å²) in [5.41, 5.74) is 0.0469. The van der Waals surface area contributed by atoms with Crippen LogP contribution in [0.1, 0.15) is 47.4 Å². The largest absolute Gasteiger partial charge is 0.483 e. The van der Waals surface area contributed by atoms with Gasteiger partial charge in [-0.1, -0.05) is 19.9 Å². The molecule has 1 fully saturated rings. The first kappa shape index (κ1) is 27.9. The summed E-state index contributed by atoms with van der Waals surface area (Å²) in [6.07, 6.45) is 0.0666. The van der Waals surface area contributed by atoms with Crippen LogP contribution in [0.15, 0.2) is 18.2 Å². The van der Waals surface area contributed by atoms with Crippen LogP contribution in [-0.2, 0) is 23.9 Å². The molecule has 0 bridgehead atoms. The highest BCUT2D eigenvalue weighted by molar-refractivity contribution is 6.24. The molecule has 3 N–H and O–H groups in total. The number of hydrogen-bond acceptors (Lipinski definition) is 9. The van der Waals surface area contributed by atoms with Gasteiger partial charge in [0.15, 0.2) is 6.61 Å². The van der Waals surface area contributed by atoms with Crippen molar-refractivity contribution in [1.82, 2.24) is 15.5 Å². The topological polar surface area (TPSA) is 161 Å². The number of rotatable bonds is 12. The third-order valence-corrected chi connectivity index (χ3v) is 4.96. The number of carbonyl (C=O) groups is 5. The minimum atomic E-state index is -1.08. The van der Waals surface area contributed by atoms with E-state index in [9.17, 15) is 24.0 Å². The smallest absolute Gasteiger partial charge is 0.266 e. The van der Waals surface area contributed by atoms with Gasteiger partial charge in [-0.05, 0) is 18.6 Å². The first-order chi connectivity index (χ1) is 16.9. The van der Waals surface area contributed by atoms with Gasteiger partial charge >= 0.3 is 0 Å². The zero-order valence-electron chi connectivity index (χ0n) is 19.8. The molecular formula is C23H31N3O9. The fraction of sp³-hybridized carbons (Fsp3) is 0.522. The maximum absolute atomic E-state index is 13.0. The number of aliphatic hydroxyl groups is 1. The van der Waals surface area contributed by atoms with E-state index in [0.29, 0.717) is 13.2 Å². The van der Waals surface area contributed by atoms with Crippen molar-refractivity contribution >= 4 is 29.5 Å². The first-order valence-electron chi connectivity index (χ1n) is 11.4. The van der Waals surface area contributed by atoms with Crippen LogP contribution in [0.4, 0.5) is 0 Å². The van der Waals surface area contributed by atoms with Crippen LogP contribution >= 0.6 is 0 Å². The Morgan fingerprint density at radius 3 is 2.49 bits per heavy atom. The number of fused-ring (bicyclic) bond motifs is 1. The summed E-state index contributed by atoms with van der Waals surface area (Å²) >= 11 is 0. The average molecular weight is 494 g/mol. The van der Waals surface area contributed by atoms with Crippen LogP contribution in [-0.4, -0.2) is 91.8 Å². The lowest BCUT2D eigenvalue weighted by molar-refractivity contribution is -0.136. The highest BCUT2D eigenvalue weighted by atomic mass is 16.5. The number of nitrogens with zero attached hydrogens (tertiary/aromatic N) is 1. The number of benzene rings is 1. The monoisotopic (exact) mass is 493 g/mol. The van der Waals surface area contributed by atoms with Gasteiger partial charge in [0.2, 0.25) is 11.8 Å². The molecular weight excluding hydrogens is 462 g/mol. The third-order valence-electron chi connectivity index (χ3n) is 4.96. The molecule has 0 aromatic heterocycles. The molecule has 12 heteroatoms. The van der Waals surface area contributed by atoms with Crippen LogP contribution in [0, 0.1) is 0 Å². The van der Waals surface area contributed by atoms with Crippen molar-refractivity contribution in [1.29, 1.82) is 0 Å². The first-order valence-corrected chi connectivity index (χ1v) is 11.4. The van der Waals surface area contributed by atoms with Crippen LogP contribution in [0.5, 0.6) is 5.75 Å². The van der Waals surface area contributed by atoms with Crippen molar-refractivity contribution in [2.45, 2.75) is 32.7 Å². The van der Waals surface area contributed by atoms with Crippen molar-refractivity contribution in [2.24, 2.45) is 0 Å². The standard InChI is InChI=1S/C21H25N3O9.C2H6/c25-7-9-32-11-10-31-8-6-22-17(27)12-33-15-3-1-2-13-18(15)21(30)24(20(13)29)14-4-5-16(26)23-19(14)28;1-2/h1-3,14,25H,4-12H2,(H,22,27)(H,23,26,28);1-2H3. The number of aliphatic hydroxyl groups excluding tert-OH is 1. The van der Waals surface area contributed by atoms with E-state index in [1.165, 1.54) is 18.2 Å². The normalized spacial score (nSPS) is 16.9. The minimum absolute atomic E-state index is 0.0206. The van der Waals surface area contributed by atoms with Crippen LogP contribution in [0.25, 0.3) is 0 Å². The lowest BCUT2D eigenvalue weighted by atomic mass is 10.0. The Morgan fingerprint density at radius 2 is 1.80 bits per heavy atom. The predicted octanol–water partition coefficient (Wildman–Crippen LogP) is -0.365. The van der Waals surface area contributed by atoms with E-state index >= 15 is 0 Å². The Bertz CT molecular complexity index is 935. The molecule has 0 spiro atoms. The number of hydrogen-bond donors (Lipinski definition) is 3. The van der Waals surface area contributed by atoms with Gasteiger partial charge in [0.05, 0.1) is 44.2 Å². The van der Waals surface area contributed by atoms with Crippen molar-refractivity contribution in [2.75, 3.05) is 46.2 Å². The molecule has 0 aliphatic carbocycles. The van der Waals surface area contributed by atoms with Crippen LogP contribution in [0.2, 0.25) is 0 Å². The van der Waals surface area contributed by atoms with E-state index < -0.39 is 42.2 Å². The molecule has 2 heterocycles. The van der Waals surface area contributed by atoms with Gasteiger partial charge in [-0.25, -0.2) is 0 Å². The fourth-order valence-electron chi connectivity index (χ4n) is 3.45. The number of piperidine rings is 1. The van der Waals surface area contributed by atoms with Gasteiger partial charge < -0.3 is 24.6 Å². The molecule has 1 unspecified atom stereocenters. The molecule has 0 radical (unpaired) electrons. The summed E-state index contributed by atoms with van der Waals surface area (Å²) < 4.78 is 15.8.